The Morgan fingerprint density at radius 1 is 1.48 bits per heavy atom. The fourth-order valence-electron chi connectivity index (χ4n) is 1.78. The van der Waals surface area contributed by atoms with E-state index >= 15 is 0 Å². The van der Waals surface area contributed by atoms with Crippen LogP contribution in [0.5, 0.6) is 0 Å². The molecule has 8 heteroatoms. The average Bonchev–Trinajstić information content (AvgIpc) is 2.83. The summed E-state index contributed by atoms with van der Waals surface area (Å²) in [5.41, 5.74) is 0.708. The van der Waals surface area contributed by atoms with Gasteiger partial charge in [-0.25, -0.2) is 13.4 Å². The lowest BCUT2D eigenvalue weighted by molar-refractivity contribution is 0.462. The van der Waals surface area contributed by atoms with Gasteiger partial charge in [-0.1, -0.05) is 11.6 Å². The van der Waals surface area contributed by atoms with Crippen LogP contribution in [0, 0.1) is 18.3 Å². The molecule has 0 aliphatic heterocycles. The van der Waals surface area contributed by atoms with Crippen molar-refractivity contribution in [1.29, 1.82) is 5.26 Å². The third kappa shape index (κ3) is 3.41. The van der Waals surface area contributed by atoms with E-state index in [0.29, 0.717) is 10.7 Å². The lowest BCUT2D eigenvalue weighted by Crippen LogP contribution is -2.27. The van der Waals surface area contributed by atoms with Crippen LogP contribution in [-0.2, 0) is 16.6 Å². The van der Waals surface area contributed by atoms with Crippen molar-refractivity contribution in [2.75, 3.05) is 7.05 Å². The molecule has 0 aliphatic rings. The number of hydrogen-bond donors (Lipinski definition) is 0. The smallest absolute Gasteiger partial charge is 0.244 e. The first-order chi connectivity index (χ1) is 9.84. The van der Waals surface area contributed by atoms with E-state index in [4.69, 9.17) is 16.9 Å². The first-order valence-corrected chi connectivity index (χ1v) is 8.61. The van der Waals surface area contributed by atoms with Gasteiger partial charge in [-0.05, 0) is 25.1 Å². The molecular formula is C13H12ClN3O2S2. The summed E-state index contributed by atoms with van der Waals surface area (Å²) in [5, 5.41) is 12.1. The number of rotatable bonds is 4. The van der Waals surface area contributed by atoms with Gasteiger partial charge >= 0.3 is 0 Å². The Morgan fingerprint density at radius 3 is 2.76 bits per heavy atom. The van der Waals surface area contributed by atoms with Crippen LogP contribution in [-0.4, -0.2) is 24.8 Å². The Morgan fingerprint density at radius 2 is 2.19 bits per heavy atom. The van der Waals surface area contributed by atoms with Crippen molar-refractivity contribution in [2.45, 2.75) is 18.4 Å². The maximum Gasteiger partial charge on any atom is 0.244 e. The summed E-state index contributed by atoms with van der Waals surface area (Å²) in [6.45, 7) is 2.01. The van der Waals surface area contributed by atoms with Crippen LogP contribution in [0.1, 0.15) is 16.3 Å². The number of benzene rings is 1. The number of nitriles is 1. The predicted octanol–water partition coefficient (Wildman–Crippen LogP) is 2.80. The maximum atomic E-state index is 12.5. The summed E-state index contributed by atoms with van der Waals surface area (Å²) >= 11 is 7.25. The predicted molar refractivity (Wildman–Crippen MR) is 81.7 cm³/mol. The zero-order chi connectivity index (χ0) is 15.6. The molecule has 5 nitrogen and oxygen atoms in total. The summed E-state index contributed by atoms with van der Waals surface area (Å²) in [4.78, 5) is 4.19. The van der Waals surface area contributed by atoms with Gasteiger partial charge in [0.05, 0.1) is 22.8 Å². The number of halogens is 1. The Balaban J connectivity index is 2.35. The minimum Gasteiger partial charge on any atom is -0.245 e. The lowest BCUT2D eigenvalue weighted by atomic mass is 10.2. The zero-order valence-electron chi connectivity index (χ0n) is 11.4. The molecule has 0 fully saturated rings. The summed E-state index contributed by atoms with van der Waals surface area (Å²) in [6, 6.07) is 6.00. The monoisotopic (exact) mass is 341 g/mol. The molecule has 1 aromatic carbocycles. The minimum absolute atomic E-state index is 0.0313. The number of aryl methyl sites for hydroxylation is 1. The molecule has 0 atom stereocenters. The standard InChI is InChI=1S/C13H12ClN3O2S2/c1-9-16-12(8-20-9)7-17(2)21(18,19)13-4-3-11(14)5-10(13)6-15/h3-5,8H,7H2,1-2H3. The van der Waals surface area contributed by atoms with Gasteiger partial charge in [0.25, 0.3) is 0 Å². The van der Waals surface area contributed by atoms with Crippen molar-refractivity contribution in [3.05, 3.63) is 44.9 Å². The van der Waals surface area contributed by atoms with Gasteiger partial charge in [0, 0.05) is 17.5 Å². The molecule has 21 heavy (non-hydrogen) atoms. The van der Waals surface area contributed by atoms with Gasteiger partial charge < -0.3 is 0 Å². The van der Waals surface area contributed by atoms with Crippen molar-refractivity contribution in [2.24, 2.45) is 0 Å². The van der Waals surface area contributed by atoms with Crippen molar-refractivity contribution in [3.63, 3.8) is 0 Å². The third-order valence-electron chi connectivity index (χ3n) is 2.80. The molecule has 0 amide bonds. The number of thiazole rings is 1. The van der Waals surface area contributed by atoms with E-state index in [1.807, 2.05) is 18.4 Å². The molecule has 110 valence electrons. The molecule has 2 rings (SSSR count). The highest BCUT2D eigenvalue weighted by Crippen LogP contribution is 2.23. The molecule has 0 saturated carbocycles. The van der Waals surface area contributed by atoms with Crippen LogP contribution in [0.15, 0.2) is 28.5 Å². The zero-order valence-corrected chi connectivity index (χ0v) is 13.8. The minimum atomic E-state index is -3.77. The van der Waals surface area contributed by atoms with E-state index in [0.717, 1.165) is 5.01 Å². The molecule has 0 radical (unpaired) electrons. The van der Waals surface area contributed by atoms with Crippen LogP contribution in [0.25, 0.3) is 0 Å². The van der Waals surface area contributed by atoms with E-state index < -0.39 is 10.0 Å². The molecule has 1 aromatic heterocycles. The normalized spacial score (nSPS) is 11.6. The highest BCUT2D eigenvalue weighted by Gasteiger charge is 2.25. The van der Waals surface area contributed by atoms with Crippen molar-refractivity contribution in [3.8, 4) is 6.07 Å². The molecule has 1 heterocycles. The molecule has 0 saturated heterocycles. The topological polar surface area (TPSA) is 74.1 Å². The van der Waals surface area contributed by atoms with Crippen molar-refractivity contribution in [1.82, 2.24) is 9.29 Å². The van der Waals surface area contributed by atoms with E-state index in [1.54, 1.807) is 0 Å². The first kappa shape index (κ1) is 15.9. The molecule has 0 aliphatic carbocycles. The number of hydrogen-bond acceptors (Lipinski definition) is 5. The van der Waals surface area contributed by atoms with E-state index in [1.165, 1.54) is 40.9 Å². The molecule has 0 spiro atoms. The first-order valence-electron chi connectivity index (χ1n) is 5.91. The number of nitrogens with zero attached hydrogens (tertiary/aromatic N) is 3. The summed E-state index contributed by atoms with van der Waals surface area (Å²) in [5.74, 6) is 0. The maximum absolute atomic E-state index is 12.5. The van der Waals surface area contributed by atoms with Crippen molar-refractivity contribution >= 4 is 33.0 Å². The fraction of sp³-hybridized carbons (Fsp3) is 0.231. The van der Waals surface area contributed by atoms with E-state index in [2.05, 4.69) is 4.98 Å². The Bertz CT molecular complexity index is 809. The SMILES string of the molecule is Cc1nc(CN(C)S(=O)(=O)c2ccc(Cl)cc2C#N)cs1. The van der Waals surface area contributed by atoms with Gasteiger partial charge in [0.2, 0.25) is 10.0 Å². The second-order valence-corrected chi connectivity index (χ2v) is 7.88. The fourth-order valence-corrected chi connectivity index (χ4v) is 3.81. The Kier molecular flexibility index (Phi) is 4.64. The second kappa shape index (κ2) is 6.12. The van der Waals surface area contributed by atoms with Crippen molar-refractivity contribution < 1.29 is 8.42 Å². The third-order valence-corrected chi connectivity index (χ3v) is 5.72. The quantitative estimate of drug-likeness (QED) is 0.857. The molecule has 0 N–H and O–H groups in total. The van der Waals surface area contributed by atoms with Gasteiger partial charge in [-0.2, -0.15) is 9.57 Å². The van der Waals surface area contributed by atoms with E-state index in [9.17, 15) is 8.42 Å². The molecular weight excluding hydrogens is 330 g/mol. The molecule has 2 aromatic rings. The van der Waals surface area contributed by atoms with Gasteiger partial charge in [-0.3, -0.25) is 0 Å². The number of sulfonamides is 1. The summed E-state index contributed by atoms with van der Waals surface area (Å²) < 4.78 is 26.3. The van der Waals surface area contributed by atoms with Gasteiger partial charge in [0.15, 0.2) is 0 Å². The van der Waals surface area contributed by atoms with Crippen LogP contribution >= 0.6 is 22.9 Å². The van der Waals surface area contributed by atoms with Crippen LogP contribution in [0.2, 0.25) is 5.02 Å². The summed E-state index contributed by atoms with van der Waals surface area (Å²) in [7, 11) is -2.31. The van der Waals surface area contributed by atoms with Gasteiger partial charge in [-0.15, -0.1) is 11.3 Å². The lowest BCUT2D eigenvalue weighted by Gasteiger charge is -2.17. The van der Waals surface area contributed by atoms with Crippen LogP contribution in [0.3, 0.4) is 0 Å². The van der Waals surface area contributed by atoms with Gasteiger partial charge in [0.1, 0.15) is 11.0 Å². The second-order valence-electron chi connectivity index (χ2n) is 4.37. The van der Waals surface area contributed by atoms with E-state index in [-0.39, 0.29) is 17.0 Å². The largest absolute Gasteiger partial charge is 0.245 e. The van der Waals surface area contributed by atoms with Crippen LogP contribution in [0.4, 0.5) is 0 Å². The Labute approximate surface area is 132 Å². The average molecular weight is 342 g/mol. The highest BCUT2D eigenvalue weighted by molar-refractivity contribution is 7.89. The molecule has 0 unspecified atom stereocenters. The Hall–Kier alpha value is -1.46. The van der Waals surface area contributed by atoms with Crippen LogP contribution < -0.4 is 0 Å². The number of aromatic nitrogens is 1. The summed E-state index contributed by atoms with van der Waals surface area (Å²) in [6.07, 6.45) is 0. The highest BCUT2D eigenvalue weighted by atomic mass is 35.5. The molecule has 0 bridgehead atoms.